The van der Waals surface area contributed by atoms with Crippen LogP contribution in [0.3, 0.4) is 0 Å². The molecule has 0 spiro atoms. The van der Waals surface area contributed by atoms with E-state index in [0.29, 0.717) is 5.56 Å². The number of nitrogens with zero attached hydrogens (tertiary/aromatic N) is 1. The SMILES string of the molecule is COCC(=O)N(c1c(C)cccc1C(=O)O)[C@H](C)C(=O)O. The van der Waals surface area contributed by atoms with Gasteiger partial charge in [0.05, 0.1) is 11.3 Å². The zero-order chi connectivity index (χ0) is 16.2. The van der Waals surface area contributed by atoms with E-state index in [1.54, 1.807) is 13.0 Å². The topological polar surface area (TPSA) is 104 Å². The minimum Gasteiger partial charge on any atom is -0.480 e. The highest BCUT2D eigenvalue weighted by molar-refractivity contribution is 6.06. The monoisotopic (exact) mass is 295 g/mol. The van der Waals surface area contributed by atoms with Gasteiger partial charge in [-0.15, -0.1) is 0 Å². The molecular weight excluding hydrogens is 278 g/mol. The van der Waals surface area contributed by atoms with Crippen LogP contribution in [-0.4, -0.2) is 47.8 Å². The van der Waals surface area contributed by atoms with E-state index in [1.807, 2.05) is 0 Å². The predicted molar refractivity (Wildman–Crippen MR) is 74.6 cm³/mol. The van der Waals surface area contributed by atoms with E-state index in [9.17, 15) is 19.5 Å². The van der Waals surface area contributed by atoms with Crippen molar-refractivity contribution in [3.8, 4) is 0 Å². The lowest BCUT2D eigenvalue weighted by Crippen LogP contribution is -2.46. The number of aryl methyl sites for hydroxylation is 1. The van der Waals surface area contributed by atoms with Gasteiger partial charge in [-0.25, -0.2) is 9.59 Å². The third-order valence-electron chi connectivity index (χ3n) is 2.99. The summed E-state index contributed by atoms with van der Waals surface area (Å²) in [5.41, 5.74) is 0.432. The first kappa shape index (κ1) is 16.6. The molecule has 0 saturated carbocycles. The lowest BCUT2D eigenvalue weighted by molar-refractivity contribution is -0.140. The largest absolute Gasteiger partial charge is 0.480 e. The molecule has 0 aliphatic heterocycles. The third-order valence-corrected chi connectivity index (χ3v) is 2.99. The molecule has 0 radical (unpaired) electrons. The van der Waals surface area contributed by atoms with Gasteiger partial charge in [0, 0.05) is 7.11 Å². The number of benzene rings is 1. The number of aliphatic carboxylic acids is 1. The summed E-state index contributed by atoms with van der Waals surface area (Å²) in [5, 5.41) is 18.4. The molecule has 0 unspecified atom stereocenters. The van der Waals surface area contributed by atoms with Crippen LogP contribution in [-0.2, 0) is 14.3 Å². The van der Waals surface area contributed by atoms with Crippen LogP contribution in [0, 0.1) is 6.92 Å². The fourth-order valence-electron chi connectivity index (χ4n) is 1.99. The molecule has 2 N–H and O–H groups in total. The number of carboxylic acids is 2. The quantitative estimate of drug-likeness (QED) is 0.815. The zero-order valence-electron chi connectivity index (χ0n) is 12.0. The van der Waals surface area contributed by atoms with Crippen molar-refractivity contribution in [1.82, 2.24) is 0 Å². The van der Waals surface area contributed by atoms with E-state index in [-0.39, 0.29) is 17.9 Å². The summed E-state index contributed by atoms with van der Waals surface area (Å²) in [5.74, 6) is -3.09. The number of para-hydroxylation sites is 1. The molecule has 0 aliphatic carbocycles. The summed E-state index contributed by atoms with van der Waals surface area (Å²) >= 11 is 0. The maximum Gasteiger partial charge on any atom is 0.337 e. The molecule has 7 nitrogen and oxygen atoms in total. The fraction of sp³-hybridized carbons (Fsp3) is 0.357. The Morgan fingerprint density at radius 3 is 2.38 bits per heavy atom. The highest BCUT2D eigenvalue weighted by Gasteiger charge is 2.31. The number of aromatic carboxylic acids is 1. The third kappa shape index (κ3) is 3.57. The second-order valence-corrected chi connectivity index (χ2v) is 4.49. The number of ether oxygens (including phenoxy) is 1. The summed E-state index contributed by atoms with van der Waals surface area (Å²) in [7, 11) is 1.30. The predicted octanol–water partition coefficient (Wildman–Crippen LogP) is 1.15. The van der Waals surface area contributed by atoms with E-state index in [2.05, 4.69) is 0 Å². The van der Waals surface area contributed by atoms with Gasteiger partial charge in [0.1, 0.15) is 12.6 Å². The zero-order valence-corrected chi connectivity index (χ0v) is 12.0. The molecule has 114 valence electrons. The van der Waals surface area contributed by atoms with Gasteiger partial charge in [0.2, 0.25) is 0 Å². The first-order valence-electron chi connectivity index (χ1n) is 6.18. The molecule has 0 heterocycles. The Balaban J connectivity index is 3.49. The van der Waals surface area contributed by atoms with Crippen molar-refractivity contribution in [2.45, 2.75) is 19.9 Å². The first-order chi connectivity index (χ1) is 9.81. The molecule has 0 bridgehead atoms. The van der Waals surface area contributed by atoms with Crippen molar-refractivity contribution in [1.29, 1.82) is 0 Å². The molecule has 0 fully saturated rings. The summed E-state index contributed by atoms with van der Waals surface area (Å²) < 4.78 is 4.74. The summed E-state index contributed by atoms with van der Waals surface area (Å²) in [6.07, 6.45) is 0. The van der Waals surface area contributed by atoms with Gasteiger partial charge < -0.3 is 14.9 Å². The van der Waals surface area contributed by atoms with Crippen LogP contribution < -0.4 is 4.90 Å². The Hall–Kier alpha value is -2.41. The maximum atomic E-state index is 12.2. The van der Waals surface area contributed by atoms with Crippen LogP contribution in [0.2, 0.25) is 0 Å². The van der Waals surface area contributed by atoms with E-state index >= 15 is 0 Å². The Morgan fingerprint density at radius 2 is 1.90 bits per heavy atom. The molecule has 0 aliphatic rings. The average Bonchev–Trinajstić information content (AvgIpc) is 2.40. The fourth-order valence-corrected chi connectivity index (χ4v) is 1.99. The molecule has 0 aromatic heterocycles. The number of carboxylic acid groups (broad SMARTS) is 2. The highest BCUT2D eigenvalue weighted by Crippen LogP contribution is 2.27. The van der Waals surface area contributed by atoms with Crippen molar-refractivity contribution in [3.05, 3.63) is 29.3 Å². The second kappa shape index (κ2) is 6.85. The molecule has 21 heavy (non-hydrogen) atoms. The standard InChI is InChI=1S/C14H17NO6/c1-8-5-4-6-10(14(19)20)12(8)15(9(2)13(17)18)11(16)7-21-3/h4-6,9H,7H2,1-3H3,(H,17,18)(H,19,20)/t9-/m1/s1. The normalized spacial score (nSPS) is 11.8. The molecule has 1 rings (SSSR count). The summed E-state index contributed by atoms with van der Waals surface area (Å²) in [6, 6.07) is 3.26. The van der Waals surface area contributed by atoms with E-state index in [0.717, 1.165) is 4.90 Å². The van der Waals surface area contributed by atoms with Crippen LogP contribution in [0.1, 0.15) is 22.8 Å². The van der Waals surface area contributed by atoms with Gasteiger partial charge in [0.25, 0.3) is 5.91 Å². The van der Waals surface area contributed by atoms with Crippen LogP contribution in [0.4, 0.5) is 5.69 Å². The summed E-state index contributed by atoms with van der Waals surface area (Å²) in [4.78, 5) is 35.7. The lowest BCUT2D eigenvalue weighted by Gasteiger charge is -2.29. The molecular formula is C14H17NO6. The molecule has 7 heteroatoms. The molecule has 0 saturated heterocycles. The number of rotatable bonds is 6. The van der Waals surface area contributed by atoms with Crippen molar-refractivity contribution in [2.75, 3.05) is 18.6 Å². The number of methoxy groups -OCH3 is 1. The van der Waals surface area contributed by atoms with Crippen molar-refractivity contribution in [2.24, 2.45) is 0 Å². The average molecular weight is 295 g/mol. The highest BCUT2D eigenvalue weighted by atomic mass is 16.5. The van der Waals surface area contributed by atoms with Gasteiger partial charge >= 0.3 is 11.9 Å². The Bertz CT molecular complexity index is 569. The Labute approximate surface area is 121 Å². The van der Waals surface area contributed by atoms with Crippen molar-refractivity contribution < 1.29 is 29.3 Å². The van der Waals surface area contributed by atoms with Gasteiger partial charge in [-0.3, -0.25) is 9.69 Å². The summed E-state index contributed by atoms with van der Waals surface area (Å²) in [6.45, 7) is 2.59. The van der Waals surface area contributed by atoms with Crippen molar-refractivity contribution in [3.63, 3.8) is 0 Å². The number of hydrogen-bond acceptors (Lipinski definition) is 4. The number of amides is 1. The van der Waals surface area contributed by atoms with Crippen molar-refractivity contribution >= 4 is 23.5 Å². The number of hydrogen-bond donors (Lipinski definition) is 2. The molecule has 1 aromatic rings. The van der Waals surface area contributed by atoms with Gasteiger partial charge in [-0.1, -0.05) is 12.1 Å². The minimum atomic E-state index is -1.24. The smallest absolute Gasteiger partial charge is 0.337 e. The Kier molecular flexibility index (Phi) is 5.43. The van der Waals surface area contributed by atoms with Crippen LogP contribution in [0.15, 0.2) is 18.2 Å². The molecule has 1 aromatic carbocycles. The minimum absolute atomic E-state index is 0.0713. The van der Waals surface area contributed by atoms with E-state index in [4.69, 9.17) is 9.84 Å². The molecule has 1 atom stereocenters. The number of carbonyl (C=O) groups is 3. The number of carbonyl (C=O) groups excluding carboxylic acids is 1. The van der Waals surface area contributed by atoms with E-state index in [1.165, 1.54) is 26.2 Å². The Morgan fingerprint density at radius 1 is 1.29 bits per heavy atom. The van der Waals surface area contributed by atoms with Gasteiger partial charge in [-0.2, -0.15) is 0 Å². The van der Waals surface area contributed by atoms with Crippen LogP contribution in [0.5, 0.6) is 0 Å². The van der Waals surface area contributed by atoms with Gasteiger partial charge in [0.15, 0.2) is 0 Å². The first-order valence-corrected chi connectivity index (χ1v) is 6.18. The second-order valence-electron chi connectivity index (χ2n) is 4.49. The molecule has 1 amide bonds. The van der Waals surface area contributed by atoms with Gasteiger partial charge in [-0.05, 0) is 25.5 Å². The van der Waals surface area contributed by atoms with Crippen LogP contribution >= 0.6 is 0 Å². The maximum absolute atomic E-state index is 12.2. The number of anilines is 1. The lowest BCUT2D eigenvalue weighted by atomic mass is 10.0. The van der Waals surface area contributed by atoms with E-state index < -0.39 is 23.9 Å². The van der Waals surface area contributed by atoms with Crippen LogP contribution in [0.25, 0.3) is 0 Å².